The summed E-state index contributed by atoms with van der Waals surface area (Å²) >= 11 is 0. The summed E-state index contributed by atoms with van der Waals surface area (Å²) in [6.07, 6.45) is -7.31. The van der Waals surface area contributed by atoms with Crippen molar-refractivity contribution < 1.29 is 69.0 Å². The number of aliphatic hydroxyl groups excluding tert-OH is 7. The third-order valence-electron chi connectivity index (χ3n) is 16.0. The first-order chi connectivity index (χ1) is 25.2. The van der Waals surface area contributed by atoms with Crippen molar-refractivity contribution in [2.45, 2.75) is 165 Å². The summed E-state index contributed by atoms with van der Waals surface area (Å²) in [7, 11) is 0. The lowest BCUT2D eigenvalue weighted by atomic mass is 9.44. The van der Waals surface area contributed by atoms with Crippen LogP contribution < -0.4 is 0 Å². The van der Waals surface area contributed by atoms with E-state index in [1.807, 2.05) is 0 Å². The van der Waals surface area contributed by atoms with Gasteiger partial charge in [-0.2, -0.15) is 0 Å². The number of aliphatic hydroxyl groups is 7. The van der Waals surface area contributed by atoms with Crippen LogP contribution in [0.4, 0.5) is 0 Å². The van der Waals surface area contributed by atoms with Crippen LogP contribution in [0.15, 0.2) is 0 Å². The van der Waals surface area contributed by atoms with Crippen molar-refractivity contribution in [3.63, 3.8) is 0 Å². The molecule has 8 rings (SSSR count). The highest BCUT2D eigenvalue weighted by Crippen LogP contribution is 2.70. The molecule has 0 bridgehead atoms. The second-order valence-electron chi connectivity index (χ2n) is 18.6. The molecule has 4 saturated heterocycles. The Morgan fingerprint density at radius 3 is 2.17 bits per heavy atom. The van der Waals surface area contributed by atoms with Gasteiger partial charge in [0.15, 0.2) is 18.4 Å². The lowest BCUT2D eigenvalue weighted by Gasteiger charge is -2.60. The molecule has 8 aliphatic rings. The third kappa shape index (κ3) is 6.03. The summed E-state index contributed by atoms with van der Waals surface area (Å²) in [5, 5.41) is 72.8. The van der Waals surface area contributed by atoms with Crippen molar-refractivity contribution >= 4 is 5.78 Å². The van der Waals surface area contributed by atoms with Gasteiger partial charge in [-0.1, -0.05) is 27.7 Å². The van der Waals surface area contributed by atoms with Gasteiger partial charge in [0.1, 0.15) is 54.6 Å². The zero-order valence-corrected chi connectivity index (χ0v) is 31.4. The van der Waals surface area contributed by atoms with E-state index in [-0.39, 0.29) is 35.4 Å². The lowest BCUT2D eigenvalue weighted by molar-refractivity contribution is -0.364. The molecule has 0 aromatic heterocycles. The van der Waals surface area contributed by atoms with Crippen molar-refractivity contribution in [3.05, 3.63) is 0 Å². The van der Waals surface area contributed by atoms with Crippen LogP contribution in [0, 0.1) is 52.3 Å². The predicted molar refractivity (Wildman–Crippen MR) is 183 cm³/mol. The van der Waals surface area contributed by atoms with E-state index in [9.17, 15) is 40.5 Å². The average molecular weight is 755 g/mol. The van der Waals surface area contributed by atoms with Gasteiger partial charge in [0.05, 0.1) is 32.0 Å². The second kappa shape index (κ2) is 14.2. The van der Waals surface area contributed by atoms with Crippen molar-refractivity contribution in [3.8, 4) is 0 Å². The molecule has 8 fully saturated rings. The SMILES string of the molecule is CC1CCC2(OC1)OC1CC3C4CCC5CC(O[C@@H]6O[C@H](CO)[C@H](O[C@@H]7O[C@H](CO)[C@@H](O)[C@@H](O)[C@H]7O)[C@@H](O)[C@H]6O)CCC5(C)C4CC(=O)C3(C)C1C2C. The van der Waals surface area contributed by atoms with E-state index in [1.54, 1.807) is 0 Å². The quantitative estimate of drug-likeness (QED) is 0.185. The van der Waals surface area contributed by atoms with Crippen LogP contribution in [0.5, 0.6) is 0 Å². The molecule has 4 aliphatic heterocycles. The number of hydrogen-bond donors (Lipinski definition) is 7. The Morgan fingerprint density at radius 1 is 0.774 bits per heavy atom. The molecule has 0 radical (unpaired) electrons. The smallest absolute Gasteiger partial charge is 0.187 e. The molecule has 302 valence electrons. The molecule has 12 unspecified atom stereocenters. The molecule has 53 heavy (non-hydrogen) atoms. The Hall–Kier alpha value is -0.850. The fourth-order valence-electron chi connectivity index (χ4n) is 12.9. The summed E-state index contributed by atoms with van der Waals surface area (Å²) in [5.74, 6) is 2.02. The summed E-state index contributed by atoms with van der Waals surface area (Å²) in [4.78, 5) is 14.5. The standard InChI is InChI=1S/C39H62O14/c1-17-7-10-39(48-16-17)18(2)28-24(53-39)12-23-21-6-5-19-11-20(8-9-37(19,3)22(21)13-27(42)38(23,28)4)49-35-33(47)31(45)34(26(15-41)51-35)52-36-32(46)30(44)29(43)25(14-40)50-36/h17-26,28-36,40-41,43-47H,5-16H2,1-4H3/t17?,18?,19?,20?,21?,22?,23?,24?,25-,26-,28?,29-,30-,31+,32-,33-,34+,35-,36+,37?,38?,39?/m1/s1. The molecule has 14 heteroatoms. The van der Waals surface area contributed by atoms with Gasteiger partial charge >= 0.3 is 0 Å². The number of rotatable bonds is 6. The monoisotopic (exact) mass is 754 g/mol. The molecule has 22 atom stereocenters. The summed E-state index contributed by atoms with van der Waals surface area (Å²) in [6, 6.07) is 0. The number of ketones is 1. The van der Waals surface area contributed by atoms with Crippen LogP contribution in [-0.2, 0) is 33.2 Å². The van der Waals surface area contributed by atoms with E-state index in [0.29, 0.717) is 48.9 Å². The average Bonchev–Trinajstić information content (AvgIpc) is 3.59. The van der Waals surface area contributed by atoms with E-state index in [2.05, 4.69) is 27.7 Å². The van der Waals surface area contributed by atoms with E-state index in [1.165, 1.54) is 0 Å². The van der Waals surface area contributed by atoms with Gasteiger partial charge in [-0.05, 0) is 80.0 Å². The predicted octanol–water partition coefficient (Wildman–Crippen LogP) is 0.621. The molecule has 1 spiro atoms. The fourth-order valence-corrected chi connectivity index (χ4v) is 12.9. The first-order valence-electron chi connectivity index (χ1n) is 20.3. The van der Waals surface area contributed by atoms with Crippen molar-refractivity contribution in [1.29, 1.82) is 0 Å². The minimum Gasteiger partial charge on any atom is -0.394 e. The maximum Gasteiger partial charge on any atom is 0.187 e. The highest BCUT2D eigenvalue weighted by molar-refractivity contribution is 5.87. The minimum absolute atomic E-state index is 0.0443. The van der Waals surface area contributed by atoms with Crippen LogP contribution >= 0.6 is 0 Å². The van der Waals surface area contributed by atoms with Gasteiger partial charge in [0.25, 0.3) is 0 Å². The third-order valence-corrected chi connectivity index (χ3v) is 16.0. The Labute approximate surface area is 311 Å². The molecule has 0 aromatic carbocycles. The molecule has 0 aromatic rings. The van der Waals surface area contributed by atoms with E-state index >= 15 is 0 Å². The molecular weight excluding hydrogens is 692 g/mol. The topological polar surface area (TPSA) is 214 Å². The van der Waals surface area contributed by atoms with Gasteiger partial charge in [-0.25, -0.2) is 0 Å². The summed E-state index contributed by atoms with van der Waals surface area (Å²) < 4.78 is 36.7. The molecule has 0 amide bonds. The Balaban J connectivity index is 0.909. The second-order valence-corrected chi connectivity index (χ2v) is 18.6. The van der Waals surface area contributed by atoms with Crippen LogP contribution in [0.2, 0.25) is 0 Å². The zero-order valence-electron chi connectivity index (χ0n) is 31.4. The number of carbonyl (C=O) groups excluding carboxylic acids is 1. The van der Waals surface area contributed by atoms with Crippen LogP contribution in [-0.4, -0.2) is 141 Å². The van der Waals surface area contributed by atoms with Crippen molar-refractivity contribution in [1.82, 2.24) is 0 Å². The minimum atomic E-state index is -1.73. The molecule has 14 nitrogen and oxygen atoms in total. The van der Waals surface area contributed by atoms with Crippen LogP contribution in [0.25, 0.3) is 0 Å². The molecule has 4 heterocycles. The maximum atomic E-state index is 14.5. The highest BCUT2D eigenvalue weighted by atomic mass is 16.7. The number of hydrogen-bond acceptors (Lipinski definition) is 14. The molecule has 4 saturated carbocycles. The molecule has 7 N–H and O–H groups in total. The molecular formula is C39H62O14. The Morgan fingerprint density at radius 2 is 1.47 bits per heavy atom. The Bertz CT molecular complexity index is 1340. The lowest BCUT2D eigenvalue weighted by Crippen LogP contribution is -2.65. The van der Waals surface area contributed by atoms with Gasteiger partial charge < -0.3 is 64.2 Å². The fraction of sp³-hybridized carbons (Fsp3) is 0.974. The van der Waals surface area contributed by atoms with Crippen molar-refractivity contribution in [2.24, 2.45) is 52.3 Å². The first kappa shape index (κ1) is 39.0. The number of fused-ring (bicyclic) bond motifs is 7. The highest BCUT2D eigenvalue weighted by Gasteiger charge is 2.72. The first-order valence-corrected chi connectivity index (χ1v) is 20.3. The number of carbonyl (C=O) groups is 1. The Kier molecular flexibility index (Phi) is 10.5. The summed E-state index contributed by atoms with van der Waals surface area (Å²) in [5.41, 5.74) is -0.453. The van der Waals surface area contributed by atoms with Gasteiger partial charge in [0.2, 0.25) is 0 Å². The number of ether oxygens (including phenoxy) is 6. The number of Topliss-reactive ketones (excluding diaryl/α,β-unsaturated/α-hetero) is 1. The van der Waals surface area contributed by atoms with E-state index in [4.69, 9.17) is 28.4 Å². The molecule has 4 aliphatic carbocycles. The largest absolute Gasteiger partial charge is 0.394 e. The maximum absolute atomic E-state index is 14.5. The summed E-state index contributed by atoms with van der Waals surface area (Å²) in [6.45, 7) is 8.51. The van der Waals surface area contributed by atoms with Crippen LogP contribution in [0.1, 0.15) is 85.5 Å². The van der Waals surface area contributed by atoms with Crippen molar-refractivity contribution in [2.75, 3.05) is 19.8 Å². The van der Waals surface area contributed by atoms with E-state index < -0.39 is 85.8 Å². The van der Waals surface area contributed by atoms with Gasteiger partial charge in [-0.3, -0.25) is 4.79 Å². The van der Waals surface area contributed by atoms with Crippen LogP contribution in [0.3, 0.4) is 0 Å². The van der Waals surface area contributed by atoms with E-state index in [0.717, 1.165) is 44.9 Å². The normalized spacial score (nSPS) is 58.2. The van der Waals surface area contributed by atoms with Gasteiger partial charge in [0, 0.05) is 30.1 Å². The zero-order chi connectivity index (χ0) is 37.8. The van der Waals surface area contributed by atoms with Gasteiger partial charge in [-0.15, -0.1) is 0 Å².